The van der Waals surface area contributed by atoms with Crippen molar-refractivity contribution >= 4 is 101 Å². The Morgan fingerprint density at radius 3 is 1.57 bits per heavy atom. The van der Waals surface area contributed by atoms with Gasteiger partial charge in [0.2, 0.25) is 0 Å². The predicted molar refractivity (Wildman–Crippen MR) is 200 cm³/mol. The van der Waals surface area contributed by atoms with E-state index in [9.17, 15) is 0 Å². The third-order valence-corrected chi connectivity index (χ3v) is 16.9. The van der Waals surface area contributed by atoms with Crippen LogP contribution in [0.15, 0.2) is 37.7 Å². The van der Waals surface area contributed by atoms with Gasteiger partial charge in [0.05, 0.1) is 11.8 Å². The van der Waals surface area contributed by atoms with Crippen molar-refractivity contribution in [2.45, 2.75) is 101 Å². The number of hydrogen-bond acceptors (Lipinski definition) is 8. The van der Waals surface area contributed by atoms with Gasteiger partial charge in [0.15, 0.2) is 0 Å². The van der Waals surface area contributed by atoms with E-state index in [1.807, 2.05) is 45.3 Å². The van der Waals surface area contributed by atoms with Gasteiger partial charge in [-0.25, -0.2) is 0 Å². The van der Waals surface area contributed by atoms with Crippen LogP contribution in [0.4, 0.5) is 0 Å². The summed E-state index contributed by atoms with van der Waals surface area (Å²) in [6.45, 7) is 2.17. The van der Waals surface area contributed by atoms with Gasteiger partial charge in [0, 0.05) is 44.7 Å². The normalized spacial score (nSPS) is 35.9. The van der Waals surface area contributed by atoms with Gasteiger partial charge in [-0.3, -0.25) is 0 Å². The molecule has 0 aliphatic heterocycles. The van der Waals surface area contributed by atoms with Gasteiger partial charge in [-0.1, -0.05) is 0 Å². The predicted octanol–water partition coefficient (Wildman–Crippen LogP) is 11.0. The molecule has 44 heavy (non-hydrogen) atoms. The summed E-state index contributed by atoms with van der Waals surface area (Å²) in [5.41, 5.74) is 0.999. The van der Waals surface area contributed by atoms with E-state index in [0.29, 0.717) is 11.1 Å². The van der Waals surface area contributed by atoms with Crippen LogP contribution < -0.4 is 10.6 Å². The molecular formula is C34H42BBrN3S5. The first kappa shape index (κ1) is 31.2. The maximum absolute atomic E-state index is 4.34. The van der Waals surface area contributed by atoms with Crippen LogP contribution >= 0.6 is 74.1 Å². The van der Waals surface area contributed by atoms with Crippen molar-refractivity contribution in [3.63, 3.8) is 0 Å². The smallest absolute Gasteiger partial charge is 0.0868 e. The molecule has 0 aromatic carbocycles. The van der Waals surface area contributed by atoms with E-state index in [1.54, 1.807) is 0 Å². The monoisotopic (exact) mass is 742 g/mol. The maximum atomic E-state index is 4.34. The Morgan fingerprint density at radius 2 is 1.14 bits per heavy atom. The molecule has 233 valence electrons. The number of halogens is 1. The van der Waals surface area contributed by atoms with Gasteiger partial charge in [-0.2, -0.15) is 0 Å². The summed E-state index contributed by atoms with van der Waals surface area (Å²) in [6, 6.07) is 9.29. The molecule has 8 aliphatic carbocycles. The van der Waals surface area contributed by atoms with Gasteiger partial charge in [0.25, 0.3) is 0 Å². The molecule has 3 nitrogen and oxygen atoms in total. The SMILES string of the molecule is Brc1cc2cc(CNC34CC5CC(CC(C5)C3)C4)sc2s1.[B]=NS.c1cc2cc(CNC34CC5CC(CC(C5)C3)C4)sc2s1. The van der Waals surface area contributed by atoms with E-state index in [-0.39, 0.29) is 0 Å². The fraction of sp³-hybridized carbons (Fsp3) is 0.647. The number of rotatable bonds is 6. The minimum absolute atomic E-state index is 0.493. The molecule has 2 N–H and O–H groups in total. The zero-order chi connectivity index (χ0) is 29.9. The molecule has 0 amide bonds. The Hall–Kier alpha value is -0.0651. The first-order valence-corrected chi connectivity index (χ1v) is 21.1. The second kappa shape index (κ2) is 12.8. The standard InChI is InChI=1S/C17H20BrNS2.C17H21NS2.BHNS/c18-15-5-13-4-14(20-16(13)21-15)9-19-17-6-10-1-11(7-17)3-12(2-10)8-17;1-2-19-16-14(1)6-15(20-16)10-18-17-7-11-3-12(8-17)5-13(4-11)9-17;1-2-3/h4-5,10-12,19H,1-3,6-9H2;1-2,6,11-13,18H,3-5,7-10H2;3H. The van der Waals surface area contributed by atoms with Crippen LogP contribution in [0.2, 0.25) is 0 Å². The number of nitrogens with zero attached hydrogens (tertiary/aromatic N) is 1. The molecule has 8 aliphatic rings. The Morgan fingerprint density at radius 1 is 0.705 bits per heavy atom. The topological polar surface area (TPSA) is 36.4 Å². The fourth-order valence-corrected chi connectivity index (χ4v) is 16.4. The number of thiophene rings is 4. The van der Waals surface area contributed by atoms with Gasteiger partial charge in [-0.05, 0) is 158 Å². The van der Waals surface area contributed by atoms with E-state index in [1.165, 1.54) is 109 Å². The van der Waals surface area contributed by atoms with E-state index < -0.39 is 0 Å². The van der Waals surface area contributed by atoms with Crippen LogP contribution in [0.25, 0.3) is 18.8 Å². The Kier molecular flexibility index (Phi) is 9.05. The zero-order valence-electron chi connectivity index (χ0n) is 25.2. The summed E-state index contributed by atoms with van der Waals surface area (Å²) in [5, 5.41) is 13.1. The van der Waals surface area contributed by atoms with Crippen molar-refractivity contribution in [2.75, 3.05) is 0 Å². The second-order valence-corrected chi connectivity index (χ2v) is 21.5. The third kappa shape index (κ3) is 6.50. The van der Waals surface area contributed by atoms with Crippen molar-refractivity contribution in [1.82, 2.24) is 10.6 Å². The van der Waals surface area contributed by atoms with Gasteiger partial charge >= 0.3 is 24.8 Å². The summed E-state index contributed by atoms with van der Waals surface area (Å²) in [5.74, 6) is 6.23. The van der Waals surface area contributed by atoms with Crippen molar-refractivity contribution in [3.8, 4) is 0 Å². The zero-order valence-corrected chi connectivity index (χ0v) is 31.0. The Balaban J connectivity index is 0.000000121. The molecule has 10 heteroatoms. The van der Waals surface area contributed by atoms with Crippen LogP contribution in [0.5, 0.6) is 0 Å². The summed E-state index contributed by atoms with van der Waals surface area (Å²) < 4.78 is 6.90. The molecule has 12 rings (SSSR count). The quantitative estimate of drug-likeness (QED) is 0.136. The molecule has 0 atom stereocenters. The molecule has 1 radical (unpaired) electrons. The molecule has 0 spiro atoms. The minimum Gasteiger partial charge on any atom is -0.306 e. The molecule has 0 unspecified atom stereocenters. The second-order valence-electron chi connectivity index (χ2n) is 15.1. The van der Waals surface area contributed by atoms with E-state index in [0.717, 1.165) is 48.6 Å². The van der Waals surface area contributed by atoms with Crippen LogP contribution in [0, 0.1) is 35.5 Å². The summed E-state index contributed by atoms with van der Waals surface area (Å²) >= 11 is 14.5. The molecule has 8 bridgehead atoms. The van der Waals surface area contributed by atoms with Gasteiger partial charge in [0.1, 0.15) is 0 Å². The molecule has 8 saturated carbocycles. The fourth-order valence-electron chi connectivity index (χ4n) is 11.1. The van der Waals surface area contributed by atoms with Crippen molar-refractivity contribution < 1.29 is 0 Å². The summed E-state index contributed by atoms with van der Waals surface area (Å²) in [4.78, 5) is 3.04. The first-order chi connectivity index (χ1) is 21.4. The van der Waals surface area contributed by atoms with E-state index >= 15 is 0 Å². The minimum atomic E-state index is 0.493. The van der Waals surface area contributed by atoms with Gasteiger partial charge in [-0.15, -0.1) is 45.3 Å². The van der Waals surface area contributed by atoms with Crippen molar-refractivity contribution in [3.05, 3.63) is 43.2 Å². The average molecular weight is 744 g/mol. The largest absolute Gasteiger partial charge is 0.306 e. The molecule has 0 saturated heterocycles. The third-order valence-electron chi connectivity index (χ3n) is 11.8. The molecule has 4 heterocycles. The van der Waals surface area contributed by atoms with Crippen LogP contribution in [-0.4, -0.2) is 18.7 Å². The number of nitrogens with one attached hydrogen (secondary N) is 2. The van der Waals surface area contributed by atoms with Crippen LogP contribution in [0.3, 0.4) is 0 Å². The Labute approximate surface area is 293 Å². The van der Waals surface area contributed by atoms with Crippen LogP contribution in [0.1, 0.15) is 86.8 Å². The van der Waals surface area contributed by atoms with Crippen molar-refractivity contribution in [2.24, 2.45) is 39.8 Å². The van der Waals surface area contributed by atoms with Crippen molar-refractivity contribution in [1.29, 1.82) is 0 Å². The maximum Gasteiger partial charge on any atom is 0.0868 e. The molecule has 4 aromatic rings. The van der Waals surface area contributed by atoms with E-state index in [2.05, 4.69) is 81.0 Å². The van der Waals surface area contributed by atoms with Crippen LogP contribution in [-0.2, 0) is 13.1 Å². The molecular weight excluding hydrogens is 701 g/mol. The number of hydrogen-bond donors (Lipinski definition) is 3. The van der Waals surface area contributed by atoms with E-state index in [4.69, 9.17) is 0 Å². The molecule has 8 fully saturated rings. The first-order valence-electron chi connectivity index (χ1n) is 16.5. The van der Waals surface area contributed by atoms with Gasteiger partial charge < -0.3 is 10.6 Å². The Bertz CT molecular complexity index is 1490. The summed E-state index contributed by atoms with van der Waals surface area (Å²) in [6.07, 6.45) is 17.9. The number of thiol groups is 1. The summed E-state index contributed by atoms with van der Waals surface area (Å²) in [7, 11) is 4.34. The number of fused-ring (bicyclic) bond motifs is 2. The molecule has 4 aromatic heterocycles. The average Bonchev–Trinajstić information content (AvgIpc) is 3.71.